The van der Waals surface area contributed by atoms with Crippen molar-refractivity contribution in [1.82, 2.24) is 0 Å². The molecule has 0 atom stereocenters. The summed E-state index contributed by atoms with van der Waals surface area (Å²) < 4.78 is 19.0. The van der Waals surface area contributed by atoms with Gasteiger partial charge in [0, 0.05) is 0 Å². The van der Waals surface area contributed by atoms with Gasteiger partial charge in [-0.3, -0.25) is 8.78 Å². The second-order valence-electron chi connectivity index (χ2n) is 5.74. The van der Waals surface area contributed by atoms with Crippen LogP contribution in [-0.2, 0) is 6.42 Å². The van der Waals surface area contributed by atoms with Crippen LogP contribution in [0.2, 0.25) is 0 Å². The number of hydrogen-bond donors (Lipinski definition) is 0. The van der Waals surface area contributed by atoms with E-state index in [0.717, 1.165) is 5.92 Å². The van der Waals surface area contributed by atoms with Gasteiger partial charge in [-0.15, -0.1) is 0 Å². The number of benzene rings is 2. The van der Waals surface area contributed by atoms with Crippen molar-refractivity contribution in [3.05, 3.63) is 70.8 Å². The van der Waals surface area contributed by atoms with Crippen LogP contribution in [0.4, 0.5) is 8.78 Å². The molecule has 23 heavy (non-hydrogen) atoms. The van der Waals surface area contributed by atoms with Crippen LogP contribution in [0, 0.1) is 26.7 Å². The summed E-state index contributed by atoms with van der Waals surface area (Å²) in [5, 5.41) is 0. The molecule has 0 nitrogen and oxygen atoms in total. The Labute approximate surface area is 141 Å². The zero-order chi connectivity index (χ0) is 18.3. The lowest BCUT2D eigenvalue weighted by Gasteiger charge is -2.04. The van der Waals surface area contributed by atoms with Crippen molar-refractivity contribution >= 4 is 0 Å². The van der Waals surface area contributed by atoms with E-state index in [4.69, 9.17) is 0 Å². The summed E-state index contributed by atoms with van der Waals surface area (Å²) in [6.45, 7) is 10.8. The molecular formula is C21H32F2. The average Bonchev–Trinajstić information content (AvgIpc) is 2.56. The van der Waals surface area contributed by atoms with Gasteiger partial charge in [0.25, 0.3) is 0 Å². The van der Waals surface area contributed by atoms with Crippen molar-refractivity contribution in [2.45, 2.75) is 41.0 Å². The Balaban J connectivity index is 0. The molecule has 0 aliphatic carbocycles. The van der Waals surface area contributed by atoms with E-state index >= 15 is 0 Å². The molecule has 0 saturated carbocycles. The maximum absolute atomic E-state index is 9.50. The number of hydrogen-bond acceptors (Lipinski definition) is 0. The van der Waals surface area contributed by atoms with Gasteiger partial charge in [0.1, 0.15) is 0 Å². The number of alkyl halides is 2. The zero-order valence-electron chi connectivity index (χ0n) is 15.7. The summed E-state index contributed by atoms with van der Waals surface area (Å²) in [6.07, 6.45) is 1.19. The monoisotopic (exact) mass is 322 g/mol. The van der Waals surface area contributed by atoms with Crippen LogP contribution >= 0.6 is 0 Å². The molecule has 0 aliphatic heterocycles. The molecule has 0 bridgehead atoms. The van der Waals surface area contributed by atoms with E-state index in [1.165, 1.54) is 28.7 Å². The van der Waals surface area contributed by atoms with Gasteiger partial charge < -0.3 is 0 Å². The van der Waals surface area contributed by atoms with Crippen molar-refractivity contribution in [3.63, 3.8) is 0 Å². The minimum Gasteiger partial charge on any atom is -0.255 e. The maximum Gasteiger partial charge on any atom is 0.0785 e. The zero-order valence-corrected chi connectivity index (χ0v) is 15.7. The molecular weight excluding hydrogens is 290 g/mol. The molecule has 130 valence electrons. The van der Waals surface area contributed by atoms with Crippen molar-refractivity contribution in [2.75, 3.05) is 14.4 Å². The lowest BCUT2D eigenvalue weighted by molar-refractivity contribution is 0.635. The van der Waals surface area contributed by atoms with Gasteiger partial charge in [-0.1, -0.05) is 79.1 Å². The Morgan fingerprint density at radius 1 is 0.609 bits per heavy atom. The third-order valence-electron chi connectivity index (χ3n) is 2.98. The highest BCUT2D eigenvalue weighted by molar-refractivity contribution is 5.21. The highest BCUT2D eigenvalue weighted by Crippen LogP contribution is 2.08. The van der Waals surface area contributed by atoms with E-state index in [0.29, 0.717) is 14.4 Å². The molecule has 2 aromatic carbocycles. The summed E-state index contributed by atoms with van der Waals surface area (Å²) >= 11 is 0. The maximum atomic E-state index is 9.50. The van der Waals surface area contributed by atoms with Crippen molar-refractivity contribution in [1.29, 1.82) is 0 Å². The SMILES string of the molecule is CF.CF.Cc1ccc(C)cc1.Cc1ccc(CC(C)C)cc1. The largest absolute Gasteiger partial charge is 0.255 e. The van der Waals surface area contributed by atoms with Crippen molar-refractivity contribution in [3.8, 4) is 0 Å². The quantitative estimate of drug-likeness (QED) is 0.579. The molecule has 0 aliphatic rings. The second kappa shape index (κ2) is 15.2. The van der Waals surface area contributed by atoms with E-state index < -0.39 is 0 Å². The molecule has 2 aromatic rings. The Hall–Kier alpha value is -1.70. The van der Waals surface area contributed by atoms with Crippen LogP contribution in [0.1, 0.15) is 36.1 Å². The van der Waals surface area contributed by atoms with Crippen LogP contribution < -0.4 is 0 Å². The molecule has 0 spiro atoms. The summed E-state index contributed by atoms with van der Waals surface area (Å²) in [4.78, 5) is 0. The predicted molar refractivity (Wildman–Crippen MR) is 99.7 cm³/mol. The fourth-order valence-electron chi connectivity index (χ4n) is 1.83. The minimum absolute atomic E-state index is 0.500. The summed E-state index contributed by atoms with van der Waals surface area (Å²) in [6, 6.07) is 17.3. The summed E-state index contributed by atoms with van der Waals surface area (Å²) in [5.74, 6) is 0.762. The molecule has 0 aromatic heterocycles. The minimum atomic E-state index is 0.500. The first-order valence-corrected chi connectivity index (χ1v) is 7.82. The third kappa shape index (κ3) is 13.7. The first-order valence-electron chi connectivity index (χ1n) is 7.82. The molecule has 0 heterocycles. The van der Waals surface area contributed by atoms with Gasteiger partial charge in [0.15, 0.2) is 0 Å². The fourth-order valence-corrected chi connectivity index (χ4v) is 1.83. The van der Waals surface area contributed by atoms with E-state index in [1.54, 1.807) is 0 Å². The van der Waals surface area contributed by atoms with Crippen molar-refractivity contribution < 1.29 is 8.78 Å². The highest BCUT2D eigenvalue weighted by atomic mass is 19.1. The molecule has 2 rings (SSSR count). The molecule has 2 heteroatoms. The van der Waals surface area contributed by atoms with Crippen LogP contribution in [-0.4, -0.2) is 14.4 Å². The Morgan fingerprint density at radius 2 is 0.870 bits per heavy atom. The lowest BCUT2D eigenvalue weighted by atomic mass is 10.0. The number of rotatable bonds is 2. The van der Waals surface area contributed by atoms with Crippen LogP contribution in [0.3, 0.4) is 0 Å². The van der Waals surface area contributed by atoms with Crippen LogP contribution in [0.25, 0.3) is 0 Å². The molecule has 0 N–H and O–H groups in total. The topological polar surface area (TPSA) is 0 Å². The number of halogens is 2. The Kier molecular flexibility index (Phi) is 15.6. The summed E-state index contributed by atoms with van der Waals surface area (Å²) in [5.41, 5.74) is 5.45. The second-order valence-corrected chi connectivity index (χ2v) is 5.74. The summed E-state index contributed by atoms with van der Waals surface area (Å²) in [7, 11) is 1.00. The predicted octanol–water partition coefficient (Wildman–Crippen LogP) is 6.67. The van der Waals surface area contributed by atoms with E-state index in [2.05, 4.69) is 83.1 Å². The molecule has 0 saturated heterocycles. The van der Waals surface area contributed by atoms with Gasteiger partial charge in [-0.25, -0.2) is 0 Å². The Bertz CT molecular complexity index is 449. The lowest BCUT2D eigenvalue weighted by Crippen LogP contribution is -1.93. The normalized spacial score (nSPS) is 8.78. The van der Waals surface area contributed by atoms with Crippen LogP contribution in [0.5, 0.6) is 0 Å². The molecule has 0 amide bonds. The van der Waals surface area contributed by atoms with E-state index in [-0.39, 0.29) is 0 Å². The smallest absolute Gasteiger partial charge is 0.0785 e. The van der Waals surface area contributed by atoms with Crippen molar-refractivity contribution in [2.24, 2.45) is 5.92 Å². The first-order chi connectivity index (χ1) is 11.0. The van der Waals surface area contributed by atoms with Gasteiger partial charge >= 0.3 is 0 Å². The average molecular weight is 322 g/mol. The van der Waals surface area contributed by atoms with E-state index in [1.807, 2.05) is 0 Å². The molecule has 0 unspecified atom stereocenters. The first kappa shape index (κ1) is 23.6. The van der Waals surface area contributed by atoms with Gasteiger partial charge in [0.05, 0.1) is 14.4 Å². The third-order valence-corrected chi connectivity index (χ3v) is 2.98. The highest BCUT2D eigenvalue weighted by Gasteiger charge is 1.95. The number of aryl methyl sites for hydroxylation is 3. The molecule has 0 radical (unpaired) electrons. The standard InChI is InChI=1S/C11H16.C8H10.2CH3F/c1-9(2)8-11-6-4-10(3)5-7-11;1-7-3-5-8(2)6-4-7;2*1-2/h4-7,9H,8H2,1-3H3;3-6H,1-2H3;2*1H3. The molecule has 0 fully saturated rings. The van der Waals surface area contributed by atoms with Gasteiger partial charge in [0.2, 0.25) is 0 Å². The Morgan fingerprint density at radius 3 is 1.13 bits per heavy atom. The fraction of sp³-hybridized carbons (Fsp3) is 0.429. The van der Waals surface area contributed by atoms with E-state index in [9.17, 15) is 8.78 Å². The van der Waals surface area contributed by atoms with Crippen LogP contribution in [0.15, 0.2) is 48.5 Å². The van der Waals surface area contributed by atoms with Gasteiger partial charge in [-0.05, 0) is 38.7 Å². The van der Waals surface area contributed by atoms with Gasteiger partial charge in [-0.2, -0.15) is 0 Å².